The van der Waals surface area contributed by atoms with E-state index in [4.69, 9.17) is 4.74 Å². The van der Waals surface area contributed by atoms with Crippen LogP contribution in [0.1, 0.15) is 49.8 Å². The topological polar surface area (TPSA) is 54.5 Å². The molecule has 1 aliphatic rings. The van der Waals surface area contributed by atoms with Crippen LogP contribution in [-0.2, 0) is 0 Å². The first-order valence-corrected chi connectivity index (χ1v) is 9.40. The highest BCUT2D eigenvalue weighted by Crippen LogP contribution is 2.32. The van der Waals surface area contributed by atoms with Crippen LogP contribution in [0.15, 0.2) is 42.7 Å². The number of rotatable bonds is 4. The van der Waals surface area contributed by atoms with Crippen LogP contribution in [0, 0.1) is 6.92 Å². The summed E-state index contributed by atoms with van der Waals surface area (Å²) in [6, 6.07) is 9.89. The molecule has 5 heteroatoms. The fourth-order valence-electron chi connectivity index (χ4n) is 3.48. The number of likely N-dealkylation sites (tertiary alicyclic amines) is 1. The first kappa shape index (κ1) is 18.2. The summed E-state index contributed by atoms with van der Waals surface area (Å²) in [6.45, 7) is 5.29. The molecule has 0 bridgehead atoms. The second-order valence-electron chi connectivity index (χ2n) is 6.70. The molecule has 1 unspecified atom stereocenters. The Morgan fingerprint density at radius 3 is 2.81 bits per heavy atom. The molecule has 0 saturated carbocycles. The maximum absolute atomic E-state index is 13.1. The van der Waals surface area contributed by atoms with E-state index in [1.165, 1.54) is 0 Å². The van der Waals surface area contributed by atoms with Gasteiger partial charge in [0.1, 0.15) is 5.75 Å². The van der Waals surface area contributed by atoms with Crippen molar-refractivity contribution in [3.8, 4) is 5.75 Å². The van der Waals surface area contributed by atoms with E-state index in [-0.39, 0.29) is 12.1 Å². The van der Waals surface area contributed by atoms with Gasteiger partial charge in [-0.15, -0.1) is 0 Å². The summed E-state index contributed by atoms with van der Waals surface area (Å²) >= 11 is 0. The lowest BCUT2D eigenvalue weighted by atomic mass is 10.0. The summed E-state index contributed by atoms with van der Waals surface area (Å²) in [5, 5.41) is 3.07. The Bertz CT molecular complexity index is 733. The highest BCUT2D eigenvalue weighted by molar-refractivity contribution is 5.91. The maximum Gasteiger partial charge on any atom is 0.322 e. The first-order chi connectivity index (χ1) is 12.7. The van der Waals surface area contributed by atoms with Crippen molar-refractivity contribution < 1.29 is 9.53 Å². The summed E-state index contributed by atoms with van der Waals surface area (Å²) in [7, 11) is 0. The number of carbonyl (C=O) groups is 1. The predicted octanol–water partition coefficient (Wildman–Crippen LogP) is 4.94. The molecule has 0 aliphatic carbocycles. The van der Waals surface area contributed by atoms with Gasteiger partial charge in [0.2, 0.25) is 0 Å². The first-order valence-electron chi connectivity index (χ1n) is 9.40. The fourth-order valence-corrected chi connectivity index (χ4v) is 3.48. The molecule has 138 valence electrons. The average Bonchev–Trinajstić information content (AvgIpc) is 2.91. The zero-order valence-electron chi connectivity index (χ0n) is 15.6. The number of urea groups is 1. The minimum Gasteiger partial charge on any atom is -0.492 e. The van der Waals surface area contributed by atoms with Crippen molar-refractivity contribution in [1.29, 1.82) is 0 Å². The number of hydrogen-bond acceptors (Lipinski definition) is 3. The number of aromatic nitrogens is 1. The smallest absolute Gasteiger partial charge is 0.322 e. The number of pyridine rings is 1. The molecule has 2 heterocycles. The number of nitrogens with zero attached hydrogens (tertiary/aromatic N) is 2. The van der Waals surface area contributed by atoms with Crippen LogP contribution in [0.4, 0.5) is 10.5 Å². The molecule has 0 spiro atoms. The Kier molecular flexibility index (Phi) is 6.10. The minimum absolute atomic E-state index is 0.0708. The van der Waals surface area contributed by atoms with Crippen LogP contribution < -0.4 is 10.1 Å². The Morgan fingerprint density at radius 2 is 2.04 bits per heavy atom. The summed E-state index contributed by atoms with van der Waals surface area (Å²) in [6.07, 6.45) is 7.88. The second kappa shape index (κ2) is 8.70. The number of aryl methyl sites for hydroxylation is 1. The number of ether oxygens (including phenoxy) is 1. The summed E-state index contributed by atoms with van der Waals surface area (Å²) in [5.74, 6) is 0.719. The van der Waals surface area contributed by atoms with E-state index in [2.05, 4.69) is 10.3 Å². The standard InChI is InChI=1S/C21H27N3O2/c1-3-26-20-15-16(2)8-9-18(20)23-21(25)24-14-6-4-5-7-19(24)17-10-12-22-13-11-17/h8-13,15,19H,3-7,14H2,1-2H3,(H,23,25). The Labute approximate surface area is 155 Å². The van der Waals surface area contributed by atoms with Crippen molar-refractivity contribution in [2.45, 2.75) is 45.6 Å². The number of carbonyl (C=O) groups excluding carboxylic acids is 1. The number of benzene rings is 1. The van der Waals surface area contributed by atoms with Crippen molar-refractivity contribution >= 4 is 11.7 Å². The molecule has 1 atom stereocenters. The molecule has 3 rings (SSSR count). The molecule has 1 aromatic heterocycles. The average molecular weight is 353 g/mol. The number of nitrogens with one attached hydrogen (secondary N) is 1. The SMILES string of the molecule is CCOc1cc(C)ccc1NC(=O)N1CCCCCC1c1ccncc1. The van der Waals surface area contributed by atoms with Gasteiger partial charge in [-0.2, -0.15) is 0 Å². The molecular formula is C21H27N3O2. The molecule has 0 radical (unpaired) electrons. The Balaban J connectivity index is 1.82. The second-order valence-corrected chi connectivity index (χ2v) is 6.70. The van der Waals surface area contributed by atoms with Gasteiger partial charge in [0.15, 0.2) is 0 Å². The maximum atomic E-state index is 13.1. The monoisotopic (exact) mass is 353 g/mol. The van der Waals surface area contributed by atoms with E-state index in [9.17, 15) is 4.79 Å². The summed E-state index contributed by atoms with van der Waals surface area (Å²) in [4.78, 5) is 19.2. The third kappa shape index (κ3) is 4.34. The zero-order valence-corrected chi connectivity index (χ0v) is 15.6. The molecule has 5 nitrogen and oxygen atoms in total. The summed E-state index contributed by atoms with van der Waals surface area (Å²) in [5.41, 5.74) is 2.97. The molecule has 1 N–H and O–H groups in total. The van der Waals surface area contributed by atoms with Crippen molar-refractivity contribution in [2.24, 2.45) is 0 Å². The van der Waals surface area contributed by atoms with Crippen molar-refractivity contribution in [2.75, 3.05) is 18.5 Å². The van der Waals surface area contributed by atoms with E-state index >= 15 is 0 Å². The van der Waals surface area contributed by atoms with Crippen molar-refractivity contribution in [3.05, 3.63) is 53.9 Å². The number of anilines is 1. The van der Waals surface area contributed by atoms with Gasteiger partial charge in [-0.05, 0) is 62.1 Å². The third-order valence-electron chi connectivity index (χ3n) is 4.78. The third-order valence-corrected chi connectivity index (χ3v) is 4.78. The molecule has 1 aromatic carbocycles. The quantitative estimate of drug-likeness (QED) is 0.847. The van der Waals surface area contributed by atoms with E-state index in [0.29, 0.717) is 6.61 Å². The van der Waals surface area contributed by atoms with E-state index in [1.807, 2.05) is 49.1 Å². The zero-order chi connectivity index (χ0) is 18.4. The van der Waals surface area contributed by atoms with E-state index in [0.717, 1.165) is 54.8 Å². The minimum atomic E-state index is -0.0708. The van der Waals surface area contributed by atoms with Crippen LogP contribution in [-0.4, -0.2) is 29.1 Å². The largest absolute Gasteiger partial charge is 0.492 e. The van der Waals surface area contributed by atoms with Crippen LogP contribution in [0.5, 0.6) is 5.75 Å². The lowest BCUT2D eigenvalue weighted by Gasteiger charge is -2.30. The van der Waals surface area contributed by atoms with Gasteiger partial charge >= 0.3 is 6.03 Å². The van der Waals surface area contributed by atoms with Crippen LogP contribution in [0.2, 0.25) is 0 Å². The van der Waals surface area contributed by atoms with Gasteiger partial charge in [0.05, 0.1) is 18.3 Å². The highest BCUT2D eigenvalue weighted by atomic mass is 16.5. The lowest BCUT2D eigenvalue weighted by molar-refractivity contribution is 0.189. The molecule has 1 fully saturated rings. The predicted molar refractivity (Wildman–Crippen MR) is 104 cm³/mol. The van der Waals surface area contributed by atoms with Gasteiger partial charge in [-0.25, -0.2) is 4.79 Å². The van der Waals surface area contributed by atoms with Gasteiger partial charge in [-0.1, -0.05) is 18.9 Å². The molecule has 2 aromatic rings. The fraction of sp³-hybridized carbons (Fsp3) is 0.429. The highest BCUT2D eigenvalue weighted by Gasteiger charge is 2.27. The number of hydrogen-bond donors (Lipinski definition) is 1. The lowest BCUT2D eigenvalue weighted by Crippen LogP contribution is -2.38. The van der Waals surface area contributed by atoms with E-state index in [1.54, 1.807) is 12.4 Å². The molecule has 26 heavy (non-hydrogen) atoms. The number of amides is 2. The Morgan fingerprint density at radius 1 is 1.23 bits per heavy atom. The molecular weight excluding hydrogens is 326 g/mol. The van der Waals surface area contributed by atoms with Crippen LogP contribution in [0.3, 0.4) is 0 Å². The van der Waals surface area contributed by atoms with E-state index < -0.39 is 0 Å². The molecule has 1 saturated heterocycles. The van der Waals surface area contributed by atoms with Crippen molar-refractivity contribution in [3.63, 3.8) is 0 Å². The van der Waals surface area contributed by atoms with Crippen LogP contribution in [0.25, 0.3) is 0 Å². The Hall–Kier alpha value is -2.56. The van der Waals surface area contributed by atoms with Crippen molar-refractivity contribution in [1.82, 2.24) is 9.88 Å². The van der Waals surface area contributed by atoms with Gasteiger partial charge in [0.25, 0.3) is 0 Å². The van der Waals surface area contributed by atoms with Gasteiger partial charge < -0.3 is 15.0 Å². The van der Waals surface area contributed by atoms with Crippen LogP contribution >= 0.6 is 0 Å². The van der Waals surface area contributed by atoms with Gasteiger partial charge in [-0.3, -0.25) is 4.98 Å². The molecule has 2 amide bonds. The summed E-state index contributed by atoms with van der Waals surface area (Å²) < 4.78 is 5.70. The van der Waals surface area contributed by atoms with Gasteiger partial charge in [0, 0.05) is 18.9 Å². The molecule has 1 aliphatic heterocycles. The normalized spacial score (nSPS) is 17.5.